The van der Waals surface area contributed by atoms with E-state index >= 15 is 0 Å². The van der Waals surface area contributed by atoms with Crippen molar-refractivity contribution in [2.75, 3.05) is 6.61 Å². The third-order valence-corrected chi connectivity index (χ3v) is 4.13. The average molecular weight is 272 g/mol. The second-order valence-electron chi connectivity index (χ2n) is 5.46. The lowest BCUT2D eigenvalue weighted by Crippen LogP contribution is -2.24. The van der Waals surface area contributed by atoms with Gasteiger partial charge in [-0.3, -0.25) is 0 Å². The summed E-state index contributed by atoms with van der Waals surface area (Å²) < 4.78 is 2.01. The van der Waals surface area contributed by atoms with Crippen molar-refractivity contribution in [2.45, 2.75) is 37.8 Å². The van der Waals surface area contributed by atoms with Crippen LogP contribution in [0.1, 0.15) is 36.1 Å². The van der Waals surface area contributed by atoms with Crippen molar-refractivity contribution in [1.29, 1.82) is 0 Å². The largest absolute Gasteiger partial charge is 0.396 e. The molecule has 106 valence electrons. The first kappa shape index (κ1) is 13.3. The van der Waals surface area contributed by atoms with Crippen molar-refractivity contribution >= 4 is 0 Å². The summed E-state index contributed by atoms with van der Waals surface area (Å²) in [6.07, 6.45) is 6.95. The van der Waals surface area contributed by atoms with Gasteiger partial charge in [-0.05, 0) is 30.4 Å². The van der Waals surface area contributed by atoms with Crippen molar-refractivity contribution in [3.63, 3.8) is 0 Å². The number of fused-ring (bicyclic) bond motifs is 1. The van der Waals surface area contributed by atoms with Gasteiger partial charge < -0.3 is 14.8 Å². The number of aryl methyl sites for hydroxylation is 2. The Morgan fingerprint density at radius 1 is 1.30 bits per heavy atom. The van der Waals surface area contributed by atoms with Gasteiger partial charge in [0.15, 0.2) is 0 Å². The summed E-state index contributed by atoms with van der Waals surface area (Å²) in [5.41, 5.74) is 2.12. The molecule has 4 heteroatoms. The summed E-state index contributed by atoms with van der Waals surface area (Å²) in [6.45, 7) is 1.05. The third kappa shape index (κ3) is 2.25. The van der Waals surface area contributed by atoms with Gasteiger partial charge in [-0.1, -0.05) is 24.3 Å². The van der Waals surface area contributed by atoms with Gasteiger partial charge in [-0.15, -0.1) is 0 Å². The fourth-order valence-electron chi connectivity index (χ4n) is 2.97. The Hall–Kier alpha value is -1.65. The van der Waals surface area contributed by atoms with Crippen LogP contribution >= 0.6 is 0 Å². The number of rotatable bonds is 5. The zero-order valence-electron chi connectivity index (χ0n) is 11.5. The van der Waals surface area contributed by atoms with Gasteiger partial charge in [0, 0.05) is 19.6 Å². The van der Waals surface area contributed by atoms with Gasteiger partial charge in [0.2, 0.25) is 0 Å². The second-order valence-corrected chi connectivity index (χ2v) is 5.46. The molecule has 1 atom stereocenters. The first-order valence-corrected chi connectivity index (χ1v) is 7.17. The minimum absolute atomic E-state index is 0.239. The highest BCUT2D eigenvalue weighted by atomic mass is 16.3. The van der Waals surface area contributed by atoms with E-state index in [-0.39, 0.29) is 6.61 Å². The number of hydrogen-bond donors (Lipinski definition) is 2. The maximum Gasteiger partial charge on any atom is 0.133 e. The average Bonchev–Trinajstić information content (AvgIpc) is 3.05. The number of imidazole rings is 1. The van der Waals surface area contributed by atoms with Crippen LogP contribution in [0.25, 0.3) is 0 Å². The Bertz CT molecular complexity index is 594. The van der Waals surface area contributed by atoms with E-state index in [4.69, 9.17) is 5.11 Å². The molecular formula is C16H20N2O2. The summed E-state index contributed by atoms with van der Waals surface area (Å²) in [4.78, 5) is 4.12. The molecule has 0 radical (unpaired) electrons. The second kappa shape index (κ2) is 5.38. The van der Waals surface area contributed by atoms with Crippen LogP contribution in [0.2, 0.25) is 0 Å². The van der Waals surface area contributed by atoms with E-state index in [9.17, 15) is 5.11 Å². The van der Waals surface area contributed by atoms with Gasteiger partial charge in [0.1, 0.15) is 5.60 Å². The molecule has 1 aromatic heterocycles. The molecule has 2 N–H and O–H groups in total. The lowest BCUT2D eigenvalue weighted by molar-refractivity contribution is 0.0824. The van der Waals surface area contributed by atoms with E-state index in [2.05, 4.69) is 17.1 Å². The van der Waals surface area contributed by atoms with Crippen molar-refractivity contribution in [3.8, 4) is 0 Å². The summed E-state index contributed by atoms with van der Waals surface area (Å²) >= 11 is 0. The Kier molecular flexibility index (Phi) is 3.59. The molecule has 0 bridgehead atoms. The van der Waals surface area contributed by atoms with E-state index in [0.717, 1.165) is 37.1 Å². The summed E-state index contributed by atoms with van der Waals surface area (Å²) in [7, 11) is 0. The number of nitrogens with zero attached hydrogens (tertiary/aromatic N) is 2. The summed E-state index contributed by atoms with van der Waals surface area (Å²) in [5, 5.41) is 19.8. The van der Waals surface area contributed by atoms with Crippen LogP contribution in [-0.2, 0) is 18.6 Å². The lowest BCUT2D eigenvalue weighted by Gasteiger charge is -2.23. The highest BCUT2D eigenvalue weighted by Crippen LogP contribution is 2.38. The van der Waals surface area contributed by atoms with Gasteiger partial charge in [-0.2, -0.15) is 0 Å². The highest BCUT2D eigenvalue weighted by molar-refractivity contribution is 5.36. The topological polar surface area (TPSA) is 58.3 Å². The van der Waals surface area contributed by atoms with Crippen LogP contribution < -0.4 is 0 Å². The number of hydrogen-bond acceptors (Lipinski definition) is 3. The summed E-state index contributed by atoms with van der Waals surface area (Å²) in [5.74, 6) is 0. The number of benzene rings is 1. The van der Waals surface area contributed by atoms with Crippen LogP contribution in [-0.4, -0.2) is 26.4 Å². The SMILES string of the molecule is OCCCCc1cccc(C2(O)CCn3cncc32)c1. The Morgan fingerprint density at radius 2 is 2.20 bits per heavy atom. The molecule has 3 rings (SSSR count). The van der Waals surface area contributed by atoms with E-state index < -0.39 is 5.60 Å². The van der Waals surface area contributed by atoms with E-state index in [1.165, 1.54) is 5.56 Å². The minimum atomic E-state index is -0.913. The maximum atomic E-state index is 11.0. The van der Waals surface area contributed by atoms with Crippen LogP contribution in [0.5, 0.6) is 0 Å². The fraction of sp³-hybridized carbons (Fsp3) is 0.438. The molecule has 0 saturated carbocycles. The van der Waals surface area contributed by atoms with Crippen molar-refractivity contribution in [3.05, 3.63) is 53.6 Å². The van der Waals surface area contributed by atoms with Crippen molar-refractivity contribution < 1.29 is 10.2 Å². The predicted molar refractivity (Wildman–Crippen MR) is 76.3 cm³/mol. The van der Waals surface area contributed by atoms with Gasteiger partial charge >= 0.3 is 0 Å². The van der Waals surface area contributed by atoms with Crippen LogP contribution in [0.15, 0.2) is 36.8 Å². The van der Waals surface area contributed by atoms with Crippen LogP contribution in [0, 0.1) is 0 Å². The maximum absolute atomic E-state index is 11.0. The Labute approximate surface area is 118 Å². The lowest BCUT2D eigenvalue weighted by atomic mass is 9.88. The molecule has 4 nitrogen and oxygen atoms in total. The molecule has 2 aromatic rings. The van der Waals surface area contributed by atoms with E-state index in [1.54, 1.807) is 12.5 Å². The Morgan fingerprint density at radius 3 is 3.05 bits per heavy atom. The molecule has 1 aromatic carbocycles. The highest BCUT2D eigenvalue weighted by Gasteiger charge is 2.39. The monoisotopic (exact) mass is 272 g/mol. The minimum Gasteiger partial charge on any atom is -0.396 e. The molecular weight excluding hydrogens is 252 g/mol. The molecule has 0 fully saturated rings. The number of aliphatic hydroxyl groups is 2. The quantitative estimate of drug-likeness (QED) is 0.817. The first-order valence-electron chi connectivity index (χ1n) is 7.17. The number of unbranched alkanes of at least 4 members (excludes halogenated alkanes) is 1. The zero-order chi connectivity index (χ0) is 14.0. The summed E-state index contributed by atoms with van der Waals surface area (Å²) in [6, 6.07) is 8.15. The molecule has 1 unspecified atom stereocenters. The predicted octanol–water partition coefficient (Wildman–Crippen LogP) is 1.84. The molecule has 1 aliphatic rings. The van der Waals surface area contributed by atoms with Crippen LogP contribution in [0.3, 0.4) is 0 Å². The molecule has 1 aliphatic heterocycles. The smallest absolute Gasteiger partial charge is 0.133 e. The molecule has 0 aliphatic carbocycles. The molecule has 2 heterocycles. The fourth-order valence-corrected chi connectivity index (χ4v) is 2.97. The van der Waals surface area contributed by atoms with E-state index in [0.29, 0.717) is 6.42 Å². The third-order valence-electron chi connectivity index (χ3n) is 4.13. The molecule has 20 heavy (non-hydrogen) atoms. The van der Waals surface area contributed by atoms with Gasteiger partial charge in [0.25, 0.3) is 0 Å². The van der Waals surface area contributed by atoms with Crippen molar-refractivity contribution in [1.82, 2.24) is 9.55 Å². The van der Waals surface area contributed by atoms with Crippen LogP contribution in [0.4, 0.5) is 0 Å². The van der Waals surface area contributed by atoms with Gasteiger partial charge in [-0.25, -0.2) is 4.98 Å². The molecule has 0 saturated heterocycles. The number of aliphatic hydroxyl groups excluding tert-OH is 1. The number of aromatic nitrogens is 2. The van der Waals surface area contributed by atoms with Gasteiger partial charge in [0.05, 0.1) is 18.2 Å². The standard InChI is InChI=1S/C16H20N2O2/c19-9-2-1-4-13-5-3-6-14(10-13)16(20)7-8-18-12-17-11-15(16)18/h3,5-6,10-12,19-20H,1-2,4,7-9H2. The normalized spacial score (nSPS) is 21.1. The Balaban J connectivity index is 1.86. The van der Waals surface area contributed by atoms with Crippen molar-refractivity contribution in [2.24, 2.45) is 0 Å². The molecule has 0 amide bonds. The molecule has 0 spiro atoms. The first-order chi connectivity index (χ1) is 9.74. The van der Waals surface area contributed by atoms with E-state index in [1.807, 2.05) is 16.7 Å². The zero-order valence-corrected chi connectivity index (χ0v) is 11.5.